The fraction of sp³-hybridized carbons (Fsp3) is 0.375. The van der Waals surface area contributed by atoms with Gasteiger partial charge in [0.05, 0.1) is 10.5 Å². The number of aromatic nitrogens is 1. The number of amides is 1. The van der Waals surface area contributed by atoms with Crippen molar-refractivity contribution in [2.45, 2.75) is 19.4 Å². The minimum absolute atomic E-state index is 0.0898. The molecule has 2 rings (SSSR count). The number of hydrogen-bond acceptors (Lipinski definition) is 3. The molecule has 0 bridgehead atoms. The summed E-state index contributed by atoms with van der Waals surface area (Å²) in [7, 11) is 4.03. The van der Waals surface area contributed by atoms with Crippen LogP contribution in [0.1, 0.15) is 23.8 Å². The SMILES string of the molecule is CC(CCN(C)C)NC(=O)c1cc(Cl)c2ccccc2n1. The van der Waals surface area contributed by atoms with E-state index in [1.165, 1.54) is 0 Å². The molecule has 4 nitrogen and oxygen atoms in total. The number of para-hydroxylation sites is 1. The third-order valence-corrected chi connectivity index (χ3v) is 3.60. The molecular weight excluding hydrogens is 286 g/mol. The summed E-state index contributed by atoms with van der Waals surface area (Å²) in [6.07, 6.45) is 0.889. The molecule has 0 fully saturated rings. The molecule has 1 amide bonds. The lowest BCUT2D eigenvalue weighted by atomic mass is 10.2. The van der Waals surface area contributed by atoms with Gasteiger partial charge >= 0.3 is 0 Å². The highest BCUT2D eigenvalue weighted by molar-refractivity contribution is 6.35. The zero-order chi connectivity index (χ0) is 15.4. The van der Waals surface area contributed by atoms with Gasteiger partial charge in [0, 0.05) is 11.4 Å². The van der Waals surface area contributed by atoms with E-state index in [9.17, 15) is 4.79 Å². The molecule has 1 atom stereocenters. The molecule has 0 aliphatic heterocycles. The third kappa shape index (κ3) is 4.16. The Morgan fingerprint density at radius 2 is 2.10 bits per heavy atom. The van der Waals surface area contributed by atoms with Gasteiger partial charge in [-0.2, -0.15) is 0 Å². The van der Waals surface area contributed by atoms with Crippen molar-refractivity contribution in [3.63, 3.8) is 0 Å². The Bertz CT molecular complexity index is 642. The molecule has 0 saturated carbocycles. The van der Waals surface area contributed by atoms with Crippen LogP contribution in [0.3, 0.4) is 0 Å². The molecule has 1 unspecified atom stereocenters. The van der Waals surface area contributed by atoms with Crippen molar-refractivity contribution in [3.05, 3.63) is 41.0 Å². The number of benzene rings is 1. The summed E-state index contributed by atoms with van der Waals surface area (Å²) in [5.41, 5.74) is 1.09. The summed E-state index contributed by atoms with van der Waals surface area (Å²) >= 11 is 6.22. The first-order valence-corrected chi connectivity index (χ1v) is 7.36. The Morgan fingerprint density at radius 3 is 2.81 bits per heavy atom. The second-order valence-corrected chi connectivity index (χ2v) is 5.88. The number of nitrogens with zero attached hydrogens (tertiary/aromatic N) is 2. The predicted octanol–water partition coefficient (Wildman–Crippen LogP) is 2.96. The van der Waals surface area contributed by atoms with Crippen LogP contribution in [-0.4, -0.2) is 42.5 Å². The number of hydrogen-bond donors (Lipinski definition) is 1. The van der Waals surface area contributed by atoms with E-state index in [4.69, 9.17) is 11.6 Å². The fourth-order valence-electron chi connectivity index (χ4n) is 2.07. The van der Waals surface area contributed by atoms with E-state index in [0.717, 1.165) is 23.9 Å². The van der Waals surface area contributed by atoms with Gasteiger partial charge in [0.2, 0.25) is 0 Å². The molecule has 1 aromatic carbocycles. The summed E-state index contributed by atoms with van der Waals surface area (Å²) in [6, 6.07) is 9.25. The Hall–Kier alpha value is -1.65. The number of fused-ring (bicyclic) bond motifs is 1. The highest BCUT2D eigenvalue weighted by Crippen LogP contribution is 2.22. The average molecular weight is 306 g/mol. The van der Waals surface area contributed by atoms with Gasteiger partial charge < -0.3 is 10.2 Å². The molecule has 1 heterocycles. The van der Waals surface area contributed by atoms with Crippen molar-refractivity contribution in [2.75, 3.05) is 20.6 Å². The van der Waals surface area contributed by atoms with Gasteiger partial charge in [-0.25, -0.2) is 4.98 Å². The molecule has 0 spiro atoms. The third-order valence-electron chi connectivity index (χ3n) is 3.29. The van der Waals surface area contributed by atoms with Crippen molar-refractivity contribution in [1.29, 1.82) is 0 Å². The van der Waals surface area contributed by atoms with E-state index in [-0.39, 0.29) is 11.9 Å². The van der Waals surface area contributed by atoms with Crippen LogP contribution in [0.4, 0.5) is 0 Å². The van der Waals surface area contributed by atoms with Crippen molar-refractivity contribution in [2.24, 2.45) is 0 Å². The number of rotatable bonds is 5. The van der Waals surface area contributed by atoms with Gasteiger partial charge in [0.1, 0.15) is 5.69 Å². The first-order chi connectivity index (χ1) is 9.97. The molecule has 0 aliphatic carbocycles. The molecule has 5 heteroatoms. The van der Waals surface area contributed by atoms with Crippen molar-refractivity contribution < 1.29 is 4.79 Å². The first-order valence-electron chi connectivity index (χ1n) is 6.98. The van der Waals surface area contributed by atoms with Gasteiger partial charge in [-0.15, -0.1) is 0 Å². The van der Waals surface area contributed by atoms with Gasteiger partial charge in [0.15, 0.2) is 0 Å². The lowest BCUT2D eigenvalue weighted by Crippen LogP contribution is -2.35. The van der Waals surface area contributed by atoms with Crippen LogP contribution in [0.15, 0.2) is 30.3 Å². The zero-order valence-electron chi connectivity index (χ0n) is 12.6. The summed E-state index contributed by atoms with van der Waals surface area (Å²) in [4.78, 5) is 18.7. The maximum absolute atomic E-state index is 12.2. The lowest BCUT2D eigenvalue weighted by molar-refractivity contribution is 0.0932. The molecule has 1 N–H and O–H groups in total. The maximum atomic E-state index is 12.2. The number of halogens is 1. The monoisotopic (exact) mass is 305 g/mol. The topological polar surface area (TPSA) is 45.2 Å². The smallest absolute Gasteiger partial charge is 0.270 e. The lowest BCUT2D eigenvalue weighted by Gasteiger charge is -2.16. The van der Waals surface area contributed by atoms with E-state index in [0.29, 0.717) is 10.7 Å². The maximum Gasteiger partial charge on any atom is 0.270 e. The standard InChI is InChI=1S/C16H20ClN3O/c1-11(8-9-20(2)3)18-16(21)15-10-13(17)12-6-4-5-7-14(12)19-15/h4-7,10-11H,8-9H2,1-3H3,(H,18,21). The Kier molecular flexibility index (Phi) is 5.15. The molecular formula is C16H20ClN3O. The van der Waals surface area contributed by atoms with E-state index in [1.54, 1.807) is 6.07 Å². The van der Waals surface area contributed by atoms with Crippen LogP contribution in [0.25, 0.3) is 10.9 Å². The van der Waals surface area contributed by atoms with E-state index < -0.39 is 0 Å². The van der Waals surface area contributed by atoms with Crippen LogP contribution in [0.2, 0.25) is 5.02 Å². The minimum Gasteiger partial charge on any atom is -0.348 e. The van der Waals surface area contributed by atoms with E-state index in [1.807, 2.05) is 45.3 Å². The van der Waals surface area contributed by atoms with Gasteiger partial charge in [-0.3, -0.25) is 4.79 Å². The minimum atomic E-state index is -0.186. The molecule has 1 aromatic heterocycles. The number of carbonyl (C=O) groups excluding carboxylic acids is 1. The van der Waals surface area contributed by atoms with E-state index in [2.05, 4.69) is 15.2 Å². The Morgan fingerprint density at radius 1 is 1.38 bits per heavy atom. The number of carbonyl (C=O) groups is 1. The summed E-state index contributed by atoms with van der Waals surface area (Å²) < 4.78 is 0. The van der Waals surface area contributed by atoms with Gasteiger partial charge in [-0.1, -0.05) is 29.8 Å². The summed E-state index contributed by atoms with van der Waals surface area (Å²) in [5.74, 6) is -0.186. The normalized spacial score (nSPS) is 12.6. The Labute approximate surface area is 130 Å². The second-order valence-electron chi connectivity index (χ2n) is 5.47. The van der Waals surface area contributed by atoms with E-state index >= 15 is 0 Å². The van der Waals surface area contributed by atoms with Gasteiger partial charge in [-0.05, 0) is 46.1 Å². The second kappa shape index (κ2) is 6.87. The fourth-order valence-corrected chi connectivity index (χ4v) is 2.33. The van der Waals surface area contributed by atoms with Crippen LogP contribution in [-0.2, 0) is 0 Å². The summed E-state index contributed by atoms with van der Waals surface area (Å²) in [6.45, 7) is 2.91. The van der Waals surface area contributed by atoms with Gasteiger partial charge in [0.25, 0.3) is 5.91 Å². The molecule has 112 valence electrons. The highest BCUT2D eigenvalue weighted by Gasteiger charge is 2.13. The predicted molar refractivity (Wildman–Crippen MR) is 86.9 cm³/mol. The number of nitrogens with one attached hydrogen (secondary N) is 1. The highest BCUT2D eigenvalue weighted by atomic mass is 35.5. The van der Waals surface area contributed by atoms with Crippen molar-refractivity contribution >= 4 is 28.4 Å². The molecule has 0 aliphatic rings. The quantitative estimate of drug-likeness (QED) is 0.924. The summed E-state index contributed by atoms with van der Waals surface area (Å²) in [5, 5.41) is 4.36. The zero-order valence-corrected chi connectivity index (χ0v) is 13.3. The molecule has 0 saturated heterocycles. The average Bonchev–Trinajstić information content (AvgIpc) is 2.45. The number of pyridine rings is 1. The first kappa shape index (κ1) is 15.7. The van der Waals surface area contributed by atoms with Crippen LogP contribution in [0.5, 0.6) is 0 Å². The van der Waals surface area contributed by atoms with Crippen LogP contribution >= 0.6 is 11.6 Å². The van der Waals surface area contributed by atoms with Crippen LogP contribution in [0, 0.1) is 0 Å². The molecule has 21 heavy (non-hydrogen) atoms. The molecule has 0 radical (unpaired) electrons. The van der Waals surface area contributed by atoms with Crippen molar-refractivity contribution in [3.8, 4) is 0 Å². The van der Waals surface area contributed by atoms with Crippen molar-refractivity contribution in [1.82, 2.24) is 15.2 Å². The Balaban J connectivity index is 2.12. The molecule has 2 aromatic rings. The largest absolute Gasteiger partial charge is 0.348 e. The van der Waals surface area contributed by atoms with Crippen LogP contribution < -0.4 is 5.32 Å².